The van der Waals surface area contributed by atoms with Gasteiger partial charge in [-0.15, -0.1) is 0 Å². The summed E-state index contributed by atoms with van der Waals surface area (Å²) in [7, 11) is 2.15. The van der Waals surface area contributed by atoms with Crippen LogP contribution in [0.4, 0.5) is 0 Å². The predicted molar refractivity (Wildman–Crippen MR) is 115 cm³/mol. The Kier molecular flexibility index (Phi) is 5.43. The summed E-state index contributed by atoms with van der Waals surface area (Å²) >= 11 is 0. The number of rotatable bonds is 5. The lowest BCUT2D eigenvalue weighted by Crippen LogP contribution is -2.35. The standard InChI is InChI=1S/C24H27N3O3/c1-27-13-11-18(12-14-27)29-23(24-25-19-9-5-6-10-20(19)26-24)22-16-28-15-21(30-22)17-7-3-2-4-8-17/h2-3,5-7,9-10,15-16,18,23H,4,8,11-14H2,1H3,(H,25,26). The van der Waals surface area contributed by atoms with Crippen molar-refractivity contribution in [3.8, 4) is 0 Å². The molecule has 1 unspecified atom stereocenters. The number of allylic oxidation sites excluding steroid dienone is 4. The van der Waals surface area contributed by atoms with Crippen molar-refractivity contribution in [2.24, 2.45) is 0 Å². The Morgan fingerprint density at radius 2 is 2.07 bits per heavy atom. The van der Waals surface area contributed by atoms with Gasteiger partial charge in [0.2, 0.25) is 0 Å². The van der Waals surface area contributed by atoms with Gasteiger partial charge in [-0.2, -0.15) is 0 Å². The minimum atomic E-state index is -0.450. The van der Waals surface area contributed by atoms with Crippen molar-refractivity contribution in [1.29, 1.82) is 0 Å². The van der Waals surface area contributed by atoms with Crippen LogP contribution in [0.15, 0.2) is 72.1 Å². The molecule has 1 aliphatic carbocycles. The molecule has 1 aromatic carbocycles. The van der Waals surface area contributed by atoms with E-state index in [1.807, 2.05) is 24.3 Å². The highest BCUT2D eigenvalue weighted by Crippen LogP contribution is 2.35. The molecule has 5 rings (SSSR count). The summed E-state index contributed by atoms with van der Waals surface area (Å²) in [5.41, 5.74) is 3.03. The Hall–Kier alpha value is -2.83. The molecule has 1 fully saturated rings. The van der Waals surface area contributed by atoms with E-state index >= 15 is 0 Å². The second-order valence-electron chi connectivity index (χ2n) is 8.06. The summed E-state index contributed by atoms with van der Waals surface area (Å²) in [6.45, 7) is 2.05. The van der Waals surface area contributed by atoms with Crippen LogP contribution in [0.5, 0.6) is 0 Å². The highest BCUT2D eigenvalue weighted by molar-refractivity contribution is 5.74. The Balaban J connectivity index is 1.42. The van der Waals surface area contributed by atoms with E-state index in [9.17, 15) is 0 Å². The Morgan fingerprint density at radius 1 is 1.20 bits per heavy atom. The molecule has 0 amide bonds. The Bertz CT molecular complexity index is 992. The van der Waals surface area contributed by atoms with Gasteiger partial charge in [0.05, 0.1) is 17.1 Å². The van der Waals surface area contributed by atoms with E-state index in [4.69, 9.17) is 19.2 Å². The lowest BCUT2D eigenvalue weighted by Gasteiger charge is -2.32. The third-order valence-electron chi connectivity index (χ3n) is 5.83. The number of hydrogen-bond acceptors (Lipinski definition) is 5. The van der Waals surface area contributed by atoms with E-state index in [0.29, 0.717) is 5.76 Å². The molecule has 1 N–H and O–H groups in total. The van der Waals surface area contributed by atoms with E-state index in [2.05, 4.69) is 35.2 Å². The molecule has 0 radical (unpaired) electrons. The van der Waals surface area contributed by atoms with E-state index in [-0.39, 0.29) is 6.10 Å². The topological polar surface area (TPSA) is 59.6 Å². The normalized spacial score (nSPS) is 21.4. The molecule has 0 saturated carbocycles. The zero-order valence-electron chi connectivity index (χ0n) is 17.2. The summed E-state index contributed by atoms with van der Waals surface area (Å²) < 4.78 is 18.6. The minimum Gasteiger partial charge on any atom is -0.465 e. The number of aromatic amines is 1. The highest BCUT2D eigenvalue weighted by Gasteiger charge is 2.31. The first-order valence-corrected chi connectivity index (χ1v) is 10.6. The lowest BCUT2D eigenvalue weighted by atomic mass is 10.0. The van der Waals surface area contributed by atoms with Crippen molar-refractivity contribution in [1.82, 2.24) is 14.9 Å². The Labute approximate surface area is 176 Å². The van der Waals surface area contributed by atoms with Crippen LogP contribution in [0.25, 0.3) is 11.0 Å². The molecule has 2 aromatic rings. The molecule has 1 saturated heterocycles. The summed E-state index contributed by atoms with van der Waals surface area (Å²) in [4.78, 5) is 10.5. The largest absolute Gasteiger partial charge is 0.465 e. The van der Waals surface area contributed by atoms with E-state index in [0.717, 1.165) is 67.0 Å². The van der Waals surface area contributed by atoms with Crippen LogP contribution in [0, 0.1) is 0 Å². The number of H-pyrrole nitrogens is 1. The molecule has 6 nitrogen and oxygen atoms in total. The molecular formula is C24H27N3O3. The number of aromatic nitrogens is 2. The molecule has 3 heterocycles. The molecule has 3 aliphatic rings. The molecule has 2 aliphatic heterocycles. The van der Waals surface area contributed by atoms with Crippen LogP contribution in [0.2, 0.25) is 0 Å². The number of likely N-dealkylation sites (tertiary alicyclic amines) is 1. The van der Waals surface area contributed by atoms with Crippen molar-refractivity contribution in [2.75, 3.05) is 20.1 Å². The average molecular weight is 405 g/mol. The predicted octanol–water partition coefficient (Wildman–Crippen LogP) is 4.72. The summed E-state index contributed by atoms with van der Waals surface area (Å²) in [5.74, 6) is 2.11. The van der Waals surface area contributed by atoms with Gasteiger partial charge < -0.3 is 24.1 Å². The van der Waals surface area contributed by atoms with Gasteiger partial charge in [0.25, 0.3) is 0 Å². The number of benzene rings is 1. The minimum absolute atomic E-state index is 0.148. The maximum Gasteiger partial charge on any atom is 0.176 e. The van der Waals surface area contributed by atoms with Crippen LogP contribution in [0.1, 0.15) is 37.6 Å². The highest BCUT2D eigenvalue weighted by atomic mass is 16.6. The lowest BCUT2D eigenvalue weighted by molar-refractivity contribution is -0.0494. The van der Waals surface area contributed by atoms with Crippen molar-refractivity contribution < 1.29 is 14.2 Å². The number of nitrogens with zero attached hydrogens (tertiary/aromatic N) is 2. The SMILES string of the molecule is CN1CCC(OC(C2=COC=C(C3=CC=CCC3)O2)c2nc3ccccc3[nH]2)CC1. The quantitative estimate of drug-likeness (QED) is 0.780. The van der Waals surface area contributed by atoms with Crippen molar-refractivity contribution in [2.45, 2.75) is 37.9 Å². The number of piperidine rings is 1. The molecule has 0 bridgehead atoms. The fourth-order valence-electron chi connectivity index (χ4n) is 4.08. The molecule has 156 valence electrons. The first-order valence-electron chi connectivity index (χ1n) is 10.6. The number of nitrogens with one attached hydrogen (secondary N) is 1. The summed E-state index contributed by atoms with van der Waals surface area (Å²) in [5, 5.41) is 0. The smallest absolute Gasteiger partial charge is 0.176 e. The number of ether oxygens (including phenoxy) is 3. The van der Waals surface area contributed by atoms with Gasteiger partial charge >= 0.3 is 0 Å². The van der Waals surface area contributed by atoms with E-state index < -0.39 is 6.10 Å². The maximum absolute atomic E-state index is 6.58. The monoisotopic (exact) mass is 405 g/mol. The molecule has 1 aromatic heterocycles. The van der Waals surface area contributed by atoms with Crippen molar-refractivity contribution >= 4 is 11.0 Å². The van der Waals surface area contributed by atoms with E-state index in [1.165, 1.54) is 0 Å². The van der Waals surface area contributed by atoms with Crippen LogP contribution < -0.4 is 0 Å². The molecule has 0 spiro atoms. The number of fused-ring (bicyclic) bond motifs is 1. The molecule has 1 atom stereocenters. The third-order valence-corrected chi connectivity index (χ3v) is 5.83. The van der Waals surface area contributed by atoms with E-state index in [1.54, 1.807) is 12.5 Å². The van der Waals surface area contributed by atoms with Crippen LogP contribution >= 0.6 is 0 Å². The number of para-hydroxylation sites is 2. The second-order valence-corrected chi connectivity index (χ2v) is 8.06. The van der Waals surface area contributed by atoms with Gasteiger partial charge in [0.1, 0.15) is 18.3 Å². The van der Waals surface area contributed by atoms with Gasteiger partial charge in [0, 0.05) is 13.1 Å². The molecule has 6 heteroatoms. The third kappa shape index (κ3) is 4.06. The van der Waals surface area contributed by atoms with Crippen molar-refractivity contribution in [3.05, 3.63) is 77.9 Å². The zero-order valence-corrected chi connectivity index (χ0v) is 17.2. The number of imidazole rings is 1. The zero-order chi connectivity index (χ0) is 20.3. The van der Waals surface area contributed by atoms with Gasteiger partial charge in [-0.25, -0.2) is 4.98 Å². The fraction of sp³-hybridized carbons (Fsp3) is 0.375. The van der Waals surface area contributed by atoms with Gasteiger partial charge in [0.15, 0.2) is 17.6 Å². The molecule has 30 heavy (non-hydrogen) atoms. The Morgan fingerprint density at radius 3 is 2.87 bits per heavy atom. The van der Waals surface area contributed by atoms with Gasteiger partial charge in [-0.05, 0) is 50.4 Å². The maximum atomic E-state index is 6.58. The van der Waals surface area contributed by atoms with Gasteiger partial charge in [-0.3, -0.25) is 0 Å². The van der Waals surface area contributed by atoms with Crippen molar-refractivity contribution in [3.63, 3.8) is 0 Å². The fourth-order valence-corrected chi connectivity index (χ4v) is 4.08. The number of hydrogen-bond donors (Lipinski definition) is 1. The van der Waals surface area contributed by atoms with Crippen LogP contribution in [-0.2, 0) is 14.2 Å². The molecular weight excluding hydrogens is 378 g/mol. The first kappa shape index (κ1) is 19.2. The van der Waals surface area contributed by atoms with Crippen LogP contribution in [0.3, 0.4) is 0 Å². The average Bonchev–Trinajstić information content (AvgIpc) is 3.23. The van der Waals surface area contributed by atoms with Gasteiger partial charge in [-0.1, -0.05) is 30.4 Å². The summed E-state index contributed by atoms with van der Waals surface area (Å²) in [6, 6.07) is 8.01. The second kappa shape index (κ2) is 8.50. The first-order chi connectivity index (χ1) is 14.8. The summed E-state index contributed by atoms with van der Waals surface area (Å²) in [6.07, 6.45) is 13.2. The van der Waals surface area contributed by atoms with Crippen LogP contribution in [-0.4, -0.2) is 41.1 Å².